The topological polar surface area (TPSA) is 41.6 Å². The molecule has 0 spiro atoms. The Balaban J connectivity index is 1.55. The zero-order chi connectivity index (χ0) is 18.4. The van der Waals surface area contributed by atoms with E-state index in [0.717, 1.165) is 43.6 Å². The van der Waals surface area contributed by atoms with Gasteiger partial charge in [0.25, 0.3) is 5.91 Å². The Hall–Kier alpha value is -2.47. The number of hydrogen-bond donors (Lipinski definition) is 1. The summed E-state index contributed by atoms with van der Waals surface area (Å²) >= 11 is 0. The van der Waals surface area contributed by atoms with Crippen molar-refractivity contribution in [1.29, 1.82) is 0 Å². The lowest BCUT2D eigenvalue weighted by Gasteiger charge is -2.17. The number of nitrogens with one attached hydrogen (secondary N) is 1. The number of halogens is 2. The Morgan fingerprint density at radius 3 is 2.58 bits per heavy atom. The third-order valence-corrected chi connectivity index (χ3v) is 4.42. The minimum absolute atomic E-state index is 0.00732. The molecule has 1 saturated heterocycles. The summed E-state index contributed by atoms with van der Waals surface area (Å²) < 4.78 is 32.6. The van der Waals surface area contributed by atoms with Gasteiger partial charge in [-0.15, -0.1) is 0 Å². The van der Waals surface area contributed by atoms with Crippen molar-refractivity contribution in [2.24, 2.45) is 0 Å². The largest absolute Gasteiger partial charge is 0.483 e. The highest BCUT2D eigenvalue weighted by atomic mass is 19.1. The fourth-order valence-corrected chi connectivity index (χ4v) is 3.00. The second-order valence-corrected chi connectivity index (χ2v) is 6.32. The number of likely N-dealkylation sites (tertiary alicyclic amines) is 1. The first-order valence-corrected chi connectivity index (χ1v) is 8.76. The van der Waals surface area contributed by atoms with Crippen LogP contribution < -0.4 is 10.1 Å². The van der Waals surface area contributed by atoms with Crippen LogP contribution in [0.15, 0.2) is 42.5 Å². The van der Waals surface area contributed by atoms with Crippen molar-refractivity contribution in [3.05, 3.63) is 65.2 Å². The molecule has 138 valence electrons. The maximum Gasteiger partial charge on any atom is 0.260 e. The third-order valence-electron chi connectivity index (χ3n) is 4.42. The predicted molar refractivity (Wildman–Crippen MR) is 94.7 cm³/mol. The Bertz CT molecular complexity index is 761. The average Bonchev–Trinajstić information content (AvgIpc) is 3.18. The molecule has 0 atom stereocenters. The molecule has 4 nitrogen and oxygen atoms in total. The summed E-state index contributed by atoms with van der Waals surface area (Å²) in [5, 5.41) is 3.09. The van der Waals surface area contributed by atoms with Gasteiger partial charge in [-0.1, -0.05) is 18.2 Å². The number of benzene rings is 2. The molecule has 26 heavy (non-hydrogen) atoms. The maximum absolute atomic E-state index is 13.7. The normalized spacial score (nSPS) is 13.8. The highest BCUT2D eigenvalue weighted by Gasteiger charge is 2.18. The van der Waals surface area contributed by atoms with Crippen molar-refractivity contribution < 1.29 is 18.3 Å². The van der Waals surface area contributed by atoms with Gasteiger partial charge in [0.05, 0.1) is 0 Å². The van der Waals surface area contributed by atoms with E-state index >= 15 is 0 Å². The number of carbonyl (C=O) groups excluding carboxylic acids is 1. The zero-order valence-electron chi connectivity index (χ0n) is 14.5. The molecule has 0 bridgehead atoms. The summed E-state index contributed by atoms with van der Waals surface area (Å²) in [6.07, 6.45) is 2.09. The monoisotopic (exact) mass is 360 g/mol. The molecular weight excluding hydrogens is 338 g/mol. The van der Waals surface area contributed by atoms with Crippen LogP contribution in [0.2, 0.25) is 0 Å². The molecule has 1 N–H and O–H groups in total. The highest BCUT2D eigenvalue weighted by Crippen LogP contribution is 2.19. The predicted octanol–water partition coefficient (Wildman–Crippen LogP) is 3.26. The molecule has 3 rings (SSSR count). The number of nitrogens with zero attached hydrogens (tertiary/aromatic N) is 1. The molecular formula is C20H22F2N2O2. The van der Waals surface area contributed by atoms with Gasteiger partial charge in [-0.25, -0.2) is 8.78 Å². The highest BCUT2D eigenvalue weighted by molar-refractivity contribution is 5.78. The first-order chi connectivity index (χ1) is 12.6. The van der Waals surface area contributed by atoms with E-state index in [-0.39, 0.29) is 24.6 Å². The Kier molecular flexibility index (Phi) is 6.17. The number of ether oxygens (including phenoxy) is 1. The SMILES string of the molecule is O=C(COc1ccccc1CNCc1cc(F)ccc1F)N1CCCC1. The van der Waals surface area contributed by atoms with Gasteiger partial charge in [-0.2, -0.15) is 0 Å². The summed E-state index contributed by atoms with van der Waals surface area (Å²) in [5.41, 5.74) is 1.13. The maximum atomic E-state index is 13.7. The van der Waals surface area contributed by atoms with Crippen molar-refractivity contribution in [3.8, 4) is 5.75 Å². The van der Waals surface area contributed by atoms with Gasteiger partial charge >= 0.3 is 0 Å². The molecule has 0 aromatic heterocycles. The summed E-state index contributed by atoms with van der Waals surface area (Å²) in [5.74, 6) is -0.300. The van der Waals surface area contributed by atoms with Crippen LogP contribution in [0.25, 0.3) is 0 Å². The second kappa shape index (κ2) is 8.76. The quantitative estimate of drug-likeness (QED) is 0.824. The minimum atomic E-state index is -0.465. The molecule has 0 saturated carbocycles. The lowest BCUT2D eigenvalue weighted by Crippen LogP contribution is -2.32. The lowest BCUT2D eigenvalue weighted by atomic mass is 10.1. The number of hydrogen-bond acceptors (Lipinski definition) is 3. The summed E-state index contributed by atoms with van der Waals surface area (Å²) in [6, 6.07) is 10.8. The molecule has 2 aromatic carbocycles. The first kappa shape index (κ1) is 18.3. The summed E-state index contributed by atoms with van der Waals surface area (Å²) in [7, 11) is 0. The van der Waals surface area contributed by atoms with Crippen LogP contribution in [0.3, 0.4) is 0 Å². The van der Waals surface area contributed by atoms with E-state index in [0.29, 0.717) is 12.3 Å². The van der Waals surface area contributed by atoms with Gasteiger partial charge in [0.2, 0.25) is 0 Å². The van der Waals surface area contributed by atoms with Gasteiger partial charge in [0.15, 0.2) is 6.61 Å². The number of amides is 1. The Morgan fingerprint density at radius 1 is 1.04 bits per heavy atom. The van der Waals surface area contributed by atoms with Crippen LogP contribution in [0.4, 0.5) is 8.78 Å². The average molecular weight is 360 g/mol. The molecule has 1 aliphatic heterocycles. The van der Waals surface area contributed by atoms with Gasteiger partial charge in [-0.05, 0) is 37.1 Å². The standard InChI is InChI=1S/C20H22F2N2O2/c21-17-7-8-18(22)16(11-17)13-23-12-15-5-1-2-6-19(15)26-14-20(25)24-9-3-4-10-24/h1-2,5-8,11,23H,3-4,9-10,12-14H2. The molecule has 2 aromatic rings. The lowest BCUT2D eigenvalue weighted by molar-refractivity contribution is -0.132. The van der Waals surface area contributed by atoms with E-state index in [9.17, 15) is 13.6 Å². The van der Waals surface area contributed by atoms with Crippen molar-refractivity contribution in [1.82, 2.24) is 10.2 Å². The molecule has 1 amide bonds. The number of para-hydroxylation sites is 1. The Morgan fingerprint density at radius 2 is 1.77 bits per heavy atom. The molecule has 1 heterocycles. The molecule has 1 fully saturated rings. The Labute approximate surface area is 151 Å². The van der Waals surface area contributed by atoms with Crippen LogP contribution in [-0.2, 0) is 17.9 Å². The summed E-state index contributed by atoms with van der Waals surface area (Å²) in [4.78, 5) is 13.9. The molecule has 0 aliphatic carbocycles. The van der Waals surface area contributed by atoms with Gasteiger partial charge in [-0.3, -0.25) is 4.79 Å². The number of rotatable bonds is 7. The van der Waals surface area contributed by atoms with Crippen molar-refractivity contribution in [2.45, 2.75) is 25.9 Å². The van der Waals surface area contributed by atoms with E-state index in [4.69, 9.17) is 4.74 Å². The van der Waals surface area contributed by atoms with Crippen LogP contribution in [-0.4, -0.2) is 30.5 Å². The fraction of sp³-hybridized carbons (Fsp3) is 0.350. The van der Waals surface area contributed by atoms with E-state index in [1.807, 2.05) is 23.1 Å². The van der Waals surface area contributed by atoms with Crippen molar-refractivity contribution in [2.75, 3.05) is 19.7 Å². The van der Waals surface area contributed by atoms with Gasteiger partial charge < -0.3 is 15.0 Å². The fourth-order valence-electron chi connectivity index (χ4n) is 3.00. The van der Waals surface area contributed by atoms with Crippen LogP contribution in [0.1, 0.15) is 24.0 Å². The van der Waals surface area contributed by atoms with E-state index in [1.165, 1.54) is 6.07 Å². The van der Waals surface area contributed by atoms with Crippen molar-refractivity contribution >= 4 is 5.91 Å². The minimum Gasteiger partial charge on any atom is -0.483 e. The molecule has 0 unspecified atom stereocenters. The van der Waals surface area contributed by atoms with E-state index in [1.54, 1.807) is 6.07 Å². The van der Waals surface area contributed by atoms with Crippen molar-refractivity contribution in [3.63, 3.8) is 0 Å². The van der Waals surface area contributed by atoms with Gasteiger partial charge in [0, 0.05) is 37.3 Å². The van der Waals surface area contributed by atoms with Crippen LogP contribution in [0, 0.1) is 11.6 Å². The van der Waals surface area contributed by atoms with E-state index in [2.05, 4.69) is 5.32 Å². The first-order valence-electron chi connectivity index (χ1n) is 8.76. The second-order valence-electron chi connectivity index (χ2n) is 6.32. The molecule has 0 radical (unpaired) electrons. The van der Waals surface area contributed by atoms with Crippen LogP contribution >= 0.6 is 0 Å². The van der Waals surface area contributed by atoms with Crippen LogP contribution in [0.5, 0.6) is 5.75 Å². The smallest absolute Gasteiger partial charge is 0.260 e. The molecule has 6 heteroatoms. The number of carbonyl (C=O) groups is 1. The zero-order valence-corrected chi connectivity index (χ0v) is 14.5. The molecule has 1 aliphatic rings. The van der Waals surface area contributed by atoms with E-state index < -0.39 is 11.6 Å². The van der Waals surface area contributed by atoms with Gasteiger partial charge in [0.1, 0.15) is 17.4 Å². The summed E-state index contributed by atoms with van der Waals surface area (Å²) in [6.45, 7) is 2.22. The third kappa shape index (κ3) is 4.79.